The van der Waals surface area contributed by atoms with Crippen LogP contribution < -0.4 is 10.6 Å². The van der Waals surface area contributed by atoms with Gasteiger partial charge in [-0.15, -0.1) is 0 Å². The van der Waals surface area contributed by atoms with Crippen LogP contribution in [0, 0.1) is 13.8 Å². The third kappa shape index (κ3) is 2.88. The summed E-state index contributed by atoms with van der Waals surface area (Å²) in [6.07, 6.45) is 1.04. The van der Waals surface area contributed by atoms with Crippen molar-refractivity contribution in [2.45, 2.75) is 39.3 Å². The van der Waals surface area contributed by atoms with E-state index >= 15 is 0 Å². The summed E-state index contributed by atoms with van der Waals surface area (Å²) >= 11 is 0. The first-order valence-corrected chi connectivity index (χ1v) is 6.19. The zero-order valence-electron chi connectivity index (χ0n) is 10.7. The number of benzene rings is 1. The van der Waals surface area contributed by atoms with Crippen molar-refractivity contribution in [2.24, 2.45) is 0 Å². The fourth-order valence-corrected chi connectivity index (χ4v) is 2.11. The van der Waals surface area contributed by atoms with Crippen molar-refractivity contribution in [2.75, 3.05) is 0 Å². The number of hydrogen-bond donors (Lipinski definition) is 2. The van der Waals surface area contributed by atoms with Gasteiger partial charge < -0.3 is 10.6 Å². The van der Waals surface area contributed by atoms with Gasteiger partial charge in [0.05, 0.1) is 0 Å². The van der Waals surface area contributed by atoms with Gasteiger partial charge >= 0.3 is 0 Å². The maximum atomic E-state index is 11.8. The molecule has 2 amide bonds. The molecule has 18 heavy (non-hydrogen) atoms. The first-order chi connectivity index (χ1) is 8.56. The van der Waals surface area contributed by atoms with Crippen LogP contribution in [-0.4, -0.2) is 17.9 Å². The highest BCUT2D eigenvalue weighted by molar-refractivity contribution is 5.90. The Kier molecular flexibility index (Phi) is 3.65. The summed E-state index contributed by atoms with van der Waals surface area (Å²) < 4.78 is 0. The Morgan fingerprint density at radius 2 is 2.22 bits per heavy atom. The smallest absolute Gasteiger partial charge is 0.242 e. The molecule has 1 fully saturated rings. The molecule has 96 valence electrons. The Balaban J connectivity index is 1.93. The molecule has 0 bridgehead atoms. The first kappa shape index (κ1) is 12.6. The van der Waals surface area contributed by atoms with Gasteiger partial charge in [-0.2, -0.15) is 0 Å². The highest BCUT2D eigenvalue weighted by Crippen LogP contribution is 2.11. The van der Waals surface area contributed by atoms with Gasteiger partial charge in [0.25, 0.3) is 0 Å². The Hall–Kier alpha value is -1.84. The van der Waals surface area contributed by atoms with Crippen LogP contribution in [0.3, 0.4) is 0 Å². The molecular formula is C14H18N2O2. The van der Waals surface area contributed by atoms with Crippen LogP contribution in [-0.2, 0) is 16.1 Å². The van der Waals surface area contributed by atoms with E-state index in [-0.39, 0.29) is 17.9 Å². The molecule has 1 atom stereocenters. The molecule has 1 heterocycles. The normalized spacial score (nSPS) is 18.6. The van der Waals surface area contributed by atoms with Crippen LogP contribution in [0.2, 0.25) is 0 Å². The standard InChI is InChI=1S/C14H18N2O2/c1-9-3-4-10(2)11(7-9)8-15-14(18)12-5-6-13(17)16-12/h3-4,7,12H,5-6,8H2,1-2H3,(H,15,18)(H,16,17). The Morgan fingerprint density at radius 1 is 1.44 bits per heavy atom. The van der Waals surface area contributed by atoms with Gasteiger partial charge in [-0.25, -0.2) is 0 Å². The molecule has 0 radical (unpaired) electrons. The lowest BCUT2D eigenvalue weighted by molar-refractivity contribution is -0.125. The molecule has 1 aliphatic rings. The molecule has 4 heteroatoms. The quantitative estimate of drug-likeness (QED) is 0.842. The summed E-state index contributed by atoms with van der Waals surface area (Å²) in [7, 11) is 0. The lowest BCUT2D eigenvalue weighted by Gasteiger charge is -2.12. The number of aryl methyl sites for hydroxylation is 2. The van der Waals surface area contributed by atoms with Crippen molar-refractivity contribution in [3.63, 3.8) is 0 Å². The van der Waals surface area contributed by atoms with Gasteiger partial charge in [0.1, 0.15) is 6.04 Å². The van der Waals surface area contributed by atoms with E-state index in [2.05, 4.69) is 22.8 Å². The second-order valence-corrected chi connectivity index (χ2v) is 4.81. The highest BCUT2D eigenvalue weighted by atomic mass is 16.2. The van der Waals surface area contributed by atoms with Gasteiger partial charge in [-0.3, -0.25) is 9.59 Å². The van der Waals surface area contributed by atoms with Crippen molar-refractivity contribution in [3.8, 4) is 0 Å². The zero-order chi connectivity index (χ0) is 13.1. The van der Waals surface area contributed by atoms with Crippen LogP contribution in [0.15, 0.2) is 18.2 Å². The van der Waals surface area contributed by atoms with E-state index in [0.29, 0.717) is 19.4 Å². The van der Waals surface area contributed by atoms with E-state index in [1.54, 1.807) is 0 Å². The maximum Gasteiger partial charge on any atom is 0.242 e. The molecular weight excluding hydrogens is 228 g/mol. The maximum absolute atomic E-state index is 11.8. The van der Waals surface area contributed by atoms with Crippen LogP contribution in [0.4, 0.5) is 0 Å². The summed E-state index contributed by atoms with van der Waals surface area (Å²) in [6.45, 7) is 4.57. The van der Waals surface area contributed by atoms with Crippen molar-refractivity contribution >= 4 is 11.8 Å². The van der Waals surface area contributed by atoms with Gasteiger partial charge in [-0.1, -0.05) is 23.8 Å². The fourth-order valence-electron chi connectivity index (χ4n) is 2.11. The Labute approximate surface area is 107 Å². The van der Waals surface area contributed by atoms with E-state index in [1.807, 2.05) is 19.9 Å². The fraction of sp³-hybridized carbons (Fsp3) is 0.429. The summed E-state index contributed by atoms with van der Waals surface area (Å²) in [5.41, 5.74) is 3.46. The summed E-state index contributed by atoms with van der Waals surface area (Å²) in [4.78, 5) is 22.9. The van der Waals surface area contributed by atoms with Gasteiger partial charge in [0.2, 0.25) is 11.8 Å². The van der Waals surface area contributed by atoms with Crippen LogP contribution in [0.5, 0.6) is 0 Å². The average molecular weight is 246 g/mol. The van der Waals surface area contributed by atoms with Crippen LogP contribution >= 0.6 is 0 Å². The minimum Gasteiger partial charge on any atom is -0.350 e. The Bertz CT molecular complexity index is 483. The predicted octanol–water partition coefficient (Wildman–Crippen LogP) is 1.20. The predicted molar refractivity (Wildman–Crippen MR) is 68.9 cm³/mol. The van der Waals surface area contributed by atoms with Gasteiger partial charge in [0, 0.05) is 13.0 Å². The third-order valence-electron chi connectivity index (χ3n) is 3.27. The average Bonchev–Trinajstić information content (AvgIpc) is 2.77. The number of amides is 2. The largest absolute Gasteiger partial charge is 0.350 e. The SMILES string of the molecule is Cc1ccc(C)c(CNC(=O)C2CCC(=O)N2)c1. The third-order valence-corrected chi connectivity index (χ3v) is 3.27. The van der Waals surface area contributed by atoms with Crippen molar-refractivity contribution in [1.29, 1.82) is 0 Å². The number of carbonyl (C=O) groups is 2. The molecule has 4 nitrogen and oxygen atoms in total. The van der Waals surface area contributed by atoms with E-state index < -0.39 is 0 Å². The molecule has 1 aromatic carbocycles. The lowest BCUT2D eigenvalue weighted by atomic mass is 10.1. The summed E-state index contributed by atoms with van der Waals surface area (Å²) in [6, 6.07) is 5.82. The summed E-state index contributed by atoms with van der Waals surface area (Å²) in [5, 5.41) is 5.54. The molecule has 1 unspecified atom stereocenters. The van der Waals surface area contributed by atoms with Crippen LogP contribution in [0.25, 0.3) is 0 Å². The van der Waals surface area contributed by atoms with Crippen molar-refractivity contribution in [3.05, 3.63) is 34.9 Å². The topological polar surface area (TPSA) is 58.2 Å². The van der Waals surface area contributed by atoms with E-state index in [1.165, 1.54) is 5.56 Å². The van der Waals surface area contributed by atoms with Crippen LogP contribution in [0.1, 0.15) is 29.5 Å². The van der Waals surface area contributed by atoms with Gasteiger partial charge in [0.15, 0.2) is 0 Å². The second-order valence-electron chi connectivity index (χ2n) is 4.81. The van der Waals surface area contributed by atoms with E-state index in [0.717, 1.165) is 11.1 Å². The first-order valence-electron chi connectivity index (χ1n) is 6.19. The molecule has 1 aliphatic heterocycles. The molecule has 0 saturated carbocycles. The molecule has 2 rings (SSSR count). The molecule has 1 saturated heterocycles. The molecule has 2 N–H and O–H groups in total. The zero-order valence-corrected chi connectivity index (χ0v) is 10.7. The minimum atomic E-state index is -0.359. The highest BCUT2D eigenvalue weighted by Gasteiger charge is 2.26. The molecule has 1 aromatic rings. The number of nitrogens with one attached hydrogen (secondary N) is 2. The minimum absolute atomic E-state index is 0.0399. The number of rotatable bonds is 3. The van der Waals surface area contributed by atoms with E-state index in [4.69, 9.17) is 0 Å². The molecule has 0 aliphatic carbocycles. The second kappa shape index (κ2) is 5.21. The number of hydrogen-bond acceptors (Lipinski definition) is 2. The Morgan fingerprint density at radius 3 is 2.89 bits per heavy atom. The van der Waals surface area contributed by atoms with Crippen molar-refractivity contribution < 1.29 is 9.59 Å². The monoisotopic (exact) mass is 246 g/mol. The van der Waals surface area contributed by atoms with E-state index in [9.17, 15) is 9.59 Å². The van der Waals surface area contributed by atoms with Crippen molar-refractivity contribution in [1.82, 2.24) is 10.6 Å². The van der Waals surface area contributed by atoms with Gasteiger partial charge in [-0.05, 0) is 31.4 Å². The summed E-state index contributed by atoms with van der Waals surface area (Å²) in [5.74, 6) is -0.136. The number of carbonyl (C=O) groups excluding carboxylic acids is 2. The lowest BCUT2D eigenvalue weighted by Crippen LogP contribution is -2.41. The molecule has 0 aromatic heterocycles. The molecule has 0 spiro atoms.